The Hall–Kier alpha value is -1.67. The predicted molar refractivity (Wildman–Crippen MR) is 73.8 cm³/mol. The molecule has 0 aliphatic heterocycles. The Morgan fingerprint density at radius 1 is 1.30 bits per heavy atom. The summed E-state index contributed by atoms with van der Waals surface area (Å²) in [6.07, 6.45) is 0.462. The fourth-order valence-corrected chi connectivity index (χ4v) is 1.86. The van der Waals surface area contributed by atoms with Crippen LogP contribution >= 0.6 is 0 Å². The molecule has 0 fully saturated rings. The predicted octanol–water partition coefficient (Wildman–Crippen LogP) is -0.840. The molecule has 0 aliphatic carbocycles. The van der Waals surface area contributed by atoms with Crippen molar-refractivity contribution in [2.45, 2.75) is 44.7 Å². The number of nitrogens with one attached hydrogen (secondary N) is 1. The Morgan fingerprint density at radius 2 is 1.85 bits per heavy atom. The van der Waals surface area contributed by atoms with Crippen LogP contribution in [0, 0.1) is 5.92 Å². The zero-order valence-electron chi connectivity index (χ0n) is 11.9. The van der Waals surface area contributed by atoms with Gasteiger partial charge in [0.1, 0.15) is 0 Å². The number of urea groups is 1. The molecule has 8 heteroatoms. The Labute approximate surface area is 118 Å². The van der Waals surface area contributed by atoms with E-state index in [0.717, 1.165) is 0 Å². The lowest BCUT2D eigenvalue weighted by Gasteiger charge is -2.27. The maximum absolute atomic E-state index is 12.1. The lowest BCUT2D eigenvalue weighted by atomic mass is 9.83. The monoisotopic (exact) mass is 288 g/mol. The molecule has 116 valence electrons. The van der Waals surface area contributed by atoms with E-state index in [4.69, 9.17) is 17.2 Å². The molecule has 2 atom stereocenters. The maximum Gasteiger partial charge on any atom is 0.331 e. The summed E-state index contributed by atoms with van der Waals surface area (Å²) in [5.74, 6) is -1.96. The molecule has 0 saturated heterocycles. The number of aliphatic carboxylic acids is 1. The number of Topliss-reactive ketones (excluding diaryl/α,β-unsaturated/α-hetero) is 1. The van der Waals surface area contributed by atoms with Gasteiger partial charge in [0.15, 0.2) is 11.3 Å². The van der Waals surface area contributed by atoms with E-state index >= 15 is 0 Å². The molecule has 0 aromatic heterocycles. The van der Waals surface area contributed by atoms with Gasteiger partial charge in [-0.3, -0.25) is 4.79 Å². The van der Waals surface area contributed by atoms with Crippen molar-refractivity contribution in [2.24, 2.45) is 23.1 Å². The van der Waals surface area contributed by atoms with Crippen molar-refractivity contribution in [1.82, 2.24) is 5.32 Å². The number of hydrogen-bond acceptors (Lipinski definition) is 5. The summed E-state index contributed by atoms with van der Waals surface area (Å²) in [5.41, 5.74) is 14.3. The SMILES string of the molecule is CC(C)CC(N)C(=O)C(N)(CCCNC(N)=O)C(=O)O. The summed E-state index contributed by atoms with van der Waals surface area (Å²) in [4.78, 5) is 33.9. The standard InChI is InChI=1S/C12H24N4O4/c1-7(2)6-8(13)9(17)12(15,10(18)19)4-3-5-16-11(14)20/h7-8H,3-6,13,15H2,1-2H3,(H,18,19)(H3,14,16,20). The fraction of sp³-hybridized carbons (Fsp3) is 0.750. The summed E-state index contributed by atoms with van der Waals surface area (Å²) in [6.45, 7) is 3.90. The van der Waals surface area contributed by atoms with E-state index in [0.29, 0.717) is 6.42 Å². The molecule has 0 spiro atoms. The lowest BCUT2D eigenvalue weighted by molar-refractivity contribution is -0.149. The van der Waals surface area contributed by atoms with Gasteiger partial charge >= 0.3 is 12.0 Å². The number of carboxylic acids is 1. The molecule has 0 aromatic rings. The van der Waals surface area contributed by atoms with Crippen LogP contribution in [-0.4, -0.2) is 41.0 Å². The quantitative estimate of drug-likeness (QED) is 0.274. The van der Waals surface area contributed by atoms with Gasteiger partial charge in [-0.1, -0.05) is 13.8 Å². The van der Waals surface area contributed by atoms with Gasteiger partial charge in [-0.25, -0.2) is 9.59 Å². The van der Waals surface area contributed by atoms with Crippen LogP contribution in [0.5, 0.6) is 0 Å². The highest BCUT2D eigenvalue weighted by Gasteiger charge is 2.43. The smallest absolute Gasteiger partial charge is 0.331 e. The molecule has 0 heterocycles. The van der Waals surface area contributed by atoms with Gasteiger partial charge in [0.05, 0.1) is 6.04 Å². The Balaban J connectivity index is 4.70. The summed E-state index contributed by atoms with van der Waals surface area (Å²) in [7, 11) is 0. The second kappa shape index (κ2) is 7.81. The van der Waals surface area contributed by atoms with Crippen LogP contribution in [0.2, 0.25) is 0 Å². The van der Waals surface area contributed by atoms with E-state index < -0.39 is 29.4 Å². The van der Waals surface area contributed by atoms with Crippen LogP contribution in [0.4, 0.5) is 4.79 Å². The average Bonchev–Trinajstić information content (AvgIpc) is 2.31. The highest BCUT2D eigenvalue weighted by atomic mass is 16.4. The molecule has 2 amide bonds. The number of primary amides is 1. The van der Waals surface area contributed by atoms with Crippen molar-refractivity contribution < 1.29 is 19.5 Å². The van der Waals surface area contributed by atoms with E-state index in [2.05, 4.69) is 5.32 Å². The van der Waals surface area contributed by atoms with Crippen LogP contribution in [0.3, 0.4) is 0 Å². The largest absolute Gasteiger partial charge is 0.480 e. The van der Waals surface area contributed by atoms with Crippen molar-refractivity contribution in [2.75, 3.05) is 6.54 Å². The van der Waals surface area contributed by atoms with E-state index in [1.54, 1.807) is 0 Å². The molecule has 0 radical (unpaired) electrons. The van der Waals surface area contributed by atoms with Crippen LogP contribution in [0.1, 0.15) is 33.1 Å². The number of carboxylic acid groups (broad SMARTS) is 1. The van der Waals surface area contributed by atoms with E-state index in [1.165, 1.54) is 0 Å². The topological polar surface area (TPSA) is 162 Å². The van der Waals surface area contributed by atoms with Gasteiger partial charge in [0.2, 0.25) is 0 Å². The van der Waals surface area contributed by atoms with Crippen LogP contribution in [-0.2, 0) is 9.59 Å². The highest BCUT2D eigenvalue weighted by Crippen LogP contribution is 2.16. The summed E-state index contributed by atoms with van der Waals surface area (Å²) < 4.78 is 0. The first-order valence-corrected chi connectivity index (χ1v) is 6.46. The highest BCUT2D eigenvalue weighted by molar-refractivity contribution is 6.09. The lowest BCUT2D eigenvalue weighted by Crippen LogP contribution is -2.60. The van der Waals surface area contributed by atoms with Crippen LogP contribution in [0.25, 0.3) is 0 Å². The van der Waals surface area contributed by atoms with E-state index in [-0.39, 0.29) is 25.3 Å². The summed E-state index contributed by atoms with van der Waals surface area (Å²) in [6, 6.07) is -1.63. The van der Waals surface area contributed by atoms with Crippen molar-refractivity contribution in [3.05, 3.63) is 0 Å². The minimum absolute atomic E-state index is 0.118. The number of hydrogen-bond donors (Lipinski definition) is 5. The first-order valence-electron chi connectivity index (χ1n) is 6.46. The van der Waals surface area contributed by atoms with Crippen molar-refractivity contribution >= 4 is 17.8 Å². The molecule has 0 aromatic carbocycles. The zero-order chi connectivity index (χ0) is 15.9. The number of ketones is 1. The van der Waals surface area contributed by atoms with Gasteiger partial charge in [-0.15, -0.1) is 0 Å². The Kier molecular flexibility index (Phi) is 7.16. The van der Waals surface area contributed by atoms with Crippen molar-refractivity contribution in [3.63, 3.8) is 0 Å². The van der Waals surface area contributed by atoms with Gasteiger partial charge in [-0.2, -0.15) is 0 Å². The van der Waals surface area contributed by atoms with E-state index in [9.17, 15) is 19.5 Å². The number of carbonyl (C=O) groups excluding carboxylic acids is 2. The molecule has 8 nitrogen and oxygen atoms in total. The third kappa shape index (κ3) is 5.54. The second-order valence-corrected chi connectivity index (χ2v) is 5.27. The van der Waals surface area contributed by atoms with Gasteiger partial charge < -0.3 is 27.6 Å². The van der Waals surface area contributed by atoms with Gasteiger partial charge in [0, 0.05) is 6.54 Å². The molecule has 0 saturated carbocycles. The number of nitrogens with two attached hydrogens (primary N) is 3. The second-order valence-electron chi connectivity index (χ2n) is 5.27. The fourth-order valence-electron chi connectivity index (χ4n) is 1.86. The maximum atomic E-state index is 12.1. The number of amides is 2. The zero-order valence-corrected chi connectivity index (χ0v) is 11.9. The molecule has 0 aliphatic rings. The number of rotatable bonds is 9. The molecule has 0 bridgehead atoms. The molecule has 20 heavy (non-hydrogen) atoms. The van der Waals surface area contributed by atoms with Crippen molar-refractivity contribution in [3.8, 4) is 0 Å². The van der Waals surface area contributed by atoms with Crippen molar-refractivity contribution in [1.29, 1.82) is 0 Å². The number of carbonyl (C=O) groups is 3. The first kappa shape index (κ1) is 18.3. The van der Waals surface area contributed by atoms with Gasteiger partial charge in [-0.05, 0) is 25.2 Å². The average molecular weight is 288 g/mol. The first-order chi connectivity index (χ1) is 9.11. The Morgan fingerprint density at radius 3 is 2.25 bits per heavy atom. The normalized spacial score (nSPS) is 15.4. The summed E-state index contributed by atoms with van der Waals surface area (Å²) >= 11 is 0. The molecule has 0 rings (SSSR count). The van der Waals surface area contributed by atoms with Gasteiger partial charge in [0.25, 0.3) is 0 Å². The third-order valence-corrected chi connectivity index (χ3v) is 2.93. The molecule has 2 unspecified atom stereocenters. The minimum Gasteiger partial charge on any atom is -0.480 e. The molecular formula is C12H24N4O4. The summed E-state index contributed by atoms with van der Waals surface area (Å²) in [5, 5.41) is 11.5. The minimum atomic E-state index is -2.03. The van der Waals surface area contributed by atoms with Crippen LogP contribution in [0.15, 0.2) is 0 Å². The molecular weight excluding hydrogens is 264 g/mol. The third-order valence-electron chi connectivity index (χ3n) is 2.93. The Bertz CT molecular complexity index is 372. The van der Waals surface area contributed by atoms with E-state index in [1.807, 2.05) is 13.8 Å². The van der Waals surface area contributed by atoms with Crippen LogP contribution < -0.4 is 22.5 Å². The molecule has 8 N–H and O–H groups in total.